The standard InChI is InChI=1S/C11H19N3/c1-2-14-9-11(8-13-14)7-12-6-5-10-3-4-10/h8-10,12H,2-7H2,1H3. The molecule has 0 bridgehead atoms. The summed E-state index contributed by atoms with van der Waals surface area (Å²) < 4.78 is 1.97. The summed E-state index contributed by atoms with van der Waals surface area (Å²) in [6, 6.07) is 0. The fourth-order valence-corrected chi connectivity index (χ4v) is 1.62. The summed E-state index contributed by atoms with van der Waals surface area (Å²) in [5, 5.41) is 7.69. The normalized spacial score (nSPS) is 16.1. The van der Waals surface area contributed by atoms with Gasteiger partial charge in [0.05, 0.1) is 6.20 Å². The molecule has 1 fully saturated rings. The molecule has 1 saturated carbocycles. The van der Waals surface area contributed by atoms with Crippen molar-refractivity contribution in [2.45, 2.75) is 39.3 Å². The number of aromatic nitrogens is 2. The van der Waals surface area contributed by atoms with Crippen LogP contribution in [0.5, 0.6) is 0 Å². The topological polar surface area (TPSA) is 29.9 Å². The largest absolute Gasteiger partial charge is 0.313 e. The molecule has 0 saturated heterocycles. The zero-order chi connectivity index (χ0) is 9.80. The molecule has 0 spiro atoms. The Morgan fingerprint density at radius 1 is 1.57 bits per heavy atom. The van der Waals surface area contributed by atoms with E-state index in [-0.39, 0.29) is 0 Å². The fourth-order valence-electron chi connectivity index (χ4n) is 1.62. The average Bonchev–Trinajstić information content (AvgIpc) is 2.91. The second kappa shape index (κ2) is 4.60. The number of nitrogens with zero attached hydrogens (tertiary/aromatic N) is 2. The van der Waals surface area contributed by atoms with E-state index in [4.69, 9.17) is 0 Å². The Kier molecular flexibility index (Phi) is 3.19. The van der Waals surface area contributed by atoms with Crippen LogP contribution in [0.2, 0.25) is 0 Å². The van der Waals surface area contributed by atoms with Crippen molar-refractivity contribution in [2.75, 3.05) is 6.54 Å². The van der Waals surface area contributed by atoms with Crippen LogP contribution in [0, 0.1) is 5.92 Å². The van der Waals surface area contributed by atoms with Gasteiger partial charge in [-0.2, -0.15) is 5.10 Å². The Hall–Kier alpha value is -0.830. The number of nitrogens with one attached hydrogen (secondary N) is 1. The van der Waals surface area contributed by atoms with Gasteiger partial charge in [-0.25, -0.2) is 0 Å². The third-order valence-electron chi connectivity index (χ3n) is 2.77. The van der Waals surface area contributed by atoms with E-state index in [9.17, 15) is 0 Å². The van der Waals surface area contributed by atoms with Gasteiger partial charge in [-0.1, -0.05) is 12.8 Å². The third-order valence-corrected chi connectivity index (χ3v) is 2.77. The number of rotatable bonds is 6. The van der Waals surface area contributed by atoms with Crippen LogP contribution in [0.4, 0.5) is 0 Å². The molecule has 1 heterocycles. The third kappa shape index (κ3) is 2.84. The Labute approximate surface area is 85.5 Å². The van der Waals surface area contributed by atoms with Crippen LogP contribution in [0.15, 0.2) is 12.4 Å². The first-order valence-corrected chi connectivity index (χ1v) is 5.60. The van der Waals surface area contributed by atoms with Gasteiger partial charge in [0.15, 0.2) is 0 Å². The lowest BCUT2D eigenvalue weighted by Gasteiger charge is -2.00. The van der Waals surface area contributed by atoms with E-state index < -0.39 is 0 Å². The highest BCUT2D eigenvalue weighted by atomic mass is 15.3. The van der Waals surface area contributed by atoms with E-state index in [1.165, 1.54) is 24.8 Å². The van der Waals surface area contributed by atoms with E-state index in [0.717, 1.165) is 25.6 Å². The molecule has 0 unspecified atom stereocenters. The monoisotopic (exact) mass is 193 g/mol. The molecule has 1 aromatic rings. The lowest BCUT2D eigenvalue weighted by Crippen LogP contribution is -2.14. The van der Waals surface area contributed by atoms with Crippen molar-refractivity contribution in [2.24, 2.45) is 5.92 Å². The van der Waals surface area contributed by atoms with Crippen molar-refractivity contribution in [3.8, 4) is 0 Å². The molecule has 14 heavy (non-hydrogen) atoms. The van der Waals surface area contributed by atoms with Crippen molar-refractivity contribution >= 4 is 0 Å². The second-order valence-corrected chi connectivity index (χ2v) is 4.11. The number of hydrogen-bond acceptors (Lipinski definition) is 2. The van der Waals surface area contributed by atoms with Crippen LogP contribution >= 0.6 is 0 Å². The second-order valence-electron chi connectivity index (χ2n) is 4.11. The number of hydrogen-bond donors (Lipinski definition) is 1. The predicted molar refractivity (Wildman–Crippen MR) is 56.9 cm³/mol. The van der Waals surface area contributed by atoms with Crippen LogP contribution in [-0.2, 0) is 13.1 Å². The smallest absolute Gasteiger partial charge is 0.0534 e. The summed E-state index contributed by atoms with van der Waals surface area (Å²) in [6.07, 6.45) is 8.32. The average molecular weight is 193 g/mol. The molecule has 2 rings (SSSR count). The first-order chi connectivity index (χ1) is 6.88. The van der Waals surface area contributed by atoms with Crippen molar-refractivity contribution in [3.63, 3.8) is 0 Å². The zero-order valence-electron chi connectivity index (χ0n) is 8.87. The maximum Gasteiger partial charge on any atom is 0.0534 e. The van der Waals surface area contributed by atoms with E-state index in [1.54, 1.807) is 0 Å². The lowest BCUT2D eigenvalue weighted by molar-refractivity contribution is 0.611. The Bertz CT molecular complexity index is 276. The summed E-state index contributed by atoms with van der Waals surface area (Å²) in [4.78, 5) is 0. The van der Waals surface area contributed by atoms with Gasteiger partial charge in [0, 0.05) is 24.8 Å². The van der Waals surface area contributed by atoms with Crippen LogP contribution < -0.4 is 5.32 Å². The molecule has 3 heteroatoms. The molecule has 1 aromatic heterocycles. The summed E-state index contributed by atoms with van der Waals surface area (Å²) in [7, 11) is 0. The van der Waals surface area contributed by atoms with Gasteiger partial charge < -0.3 is 5.32 Å². The van der Waals surface area contributed by atoms with Crippen LogP contribution in [0.3, 0.4) is 0 Å². The maximum absolute atomic E-state index is 4.24. The van der Waals surface area contributed by atoms with E-state index in [0.29, 0.717) is 0 Å². The molecule has 0 atom stereocenters. The molecule has 78 valence electrons. The van der Waals surface area contributed by atoms with Gasteiger partial charge >= 0.3 is 0 Å². The molecule has 0 amide bonds. The molecule has 0 aromatic carbocycles. The van der Waals surface area contributed by atoms with Gasteiger partial charge in [0.25, 0.3) is 0 Å². The Balaban J connectivity index is 1.63. The van der Waals surface area contributed by atoms with Crippen LogP contribution in [0.25, 0.3) is 0 Å². The summed E-state index contributed by atoms with van der Waals surface area (Å²) in [5.41, 5.74) is 1.29. The minimum Gasteiger partial charge on any atom is -0.313 e. The SMILES string of the molecule is CCn1cc(CNCCC2CC2)cn1. The van der Waals surface area contributed by atoms with Gasteiger partial charge in [0.1, 0.15) is 0 Å². The number of aryl methyl sites for hydroxylation is 1. The first kappa shape index (κ1) is 9.71. The minimum atomic E-state index is 0.960. The minimum absolute atomic E-state index is 0.960. The molecule has 1 aliphatic carbocycles. The van der Waals surface area contributed by atoms with Crippen LogP contribution in [0.1, 0.15) is 31.7 Å². The molecule has 0 aliphatic heterocycles. The van der Waals surface area contributed by atoms with Gasteiger partial charge in [-0.15, -0.1) is 0 Å². The zero-order valence-corrected chi connectivity index (χ0v) is 8.87. The Morgan fingerprint density at radius 2 is 2.43 bits per heavy atom. The van der Waals surface area contributed by atoms with E-state index in [2.05, 4.69) is 23.5 Å². The van der Waals surface area contributed by atoms with Crippen molar-refractivity contribution in [3.05, 3.63) is 18.0 Å². The van der Waals surface area contributed by atoms with Crippen molar-refractivity contribution in [1.29, 1.82) is 0 Å². The highest BCUT2D eigenvalue weighted by Crippen LogP contribution is 2.31. The molecule has 1 aliphatic rings. The lowest BCUT2D eigenvalue weighted by atomic mass is 10.3. The van der Waals surface area contributed by atoms with Gasteiger partial charge in [-0.05, 0) is 25.8 Å². The molecular formula is C11H19N3. The summed E-state index contributed by atoms with van der Waals surface area (Å²) >= 11 is 0. The molecule has 0 radical (unpaired) electrons. The molecule has 1 N–H and O–H groups in total. The summed E-state index contributed by atoms with van der Waals surface area (Å²) in [5.74, 6) is 1.03. The predicted octanol–water partition coefficient (Wildman–Crippen LogP) is 1.79. The Morgan fingerprint density at radius 3 is 3.07 bits per heavy atom. The van der Waals surface area contributed by atoms with Crippen molar-refractivity contribution < 1.29 is 0 Å². The quantitative estimate of drug-likeness (QED) is 0.698. The van der Waals surface area contributed by atoms with E-state index >= 15 is 0 Å². The highest BCUT2D eigenvalue weighted by molar-refractivity contribution is 5.03. The van der Waals surface area contributed by atoms with Crippen LogP contribution in [-0.4, -0.2) is 16.3 Å². The maximum atomic E-state index is 4.24. The summed E-state index contributed by atoms with van der Waals surface area (Å²) in [6.45, 7) is 5.19. The highest BCUT2D eigenvalue weighted by Gasteiger charge is 2.19. The first-order valence-electron chi connectivity index (χ1n) is 5.60. The molecular weight excluding hydrogens is 174 g/mol. The van der Waals surface area contributed by atoms with E-state index in [1.807, 2.05) is 10.9 Å². The van der Waals surface area contributed by atoms with Crippen molar-refractivity contribution in [1.82, 2.24) is 15.1 Å². The van der Waals surface area contributed by atoms with Gasteiger partial charge in [0.2, 0.25) is 0 Å². The molecule has 3 nitrogen and oxygen atoms in total. The van der Waals surface area contributed by atoms with Gasteiger partial charge in [-0.3, -0.25) is 4.68 Å². The fraction of sp³-hybridized carbons (Fsp3) is 0.727.